The van der Waals surface area contributed by atoms with Crippen LogP contribution >= 0.6 is 0 Å². The average Bonchev–Trinajstić information content (AvgIpc) is 2.62. The molecule has 0 aromatic carbocycles. The van der Waals surface area contributed by atoms with Crippen LogP contribution in [-0.2, 0) is 4.79 Å². The monoisotopic (exact) mass is 194 g/mol. The van der Waals surface area contributed by atoms with E-state index < -0.39 is 0 Å². The normalized spacial score (nSPS) is 25.7. The quantitative estimate of drug-likeness (QED) is 0.645. The van der Waals surface area contributed by atoms with E-state index in [0.29, 0.717) is 25.3 Å². The van der Waals surface area contributed by atoms with Crippen molar-refractivity contribution in [2.24, 2.45) is 11.7 Å². The molecular weight excluding hydrogens is 176 g/mol. The van der Waals surface area contributed by atoms with Crippen LogP contribution in [-0.4, -0.2) is 18.5 Å². The molecule has 2 atom stereocenters. The maximum Gasteiger partial charge on any atom is 0.221 e. The van der Waals surface area contributed by atoms with Crippen molar-refractivity contribution in [3.63, 3.8) is 0 Å². The van der Waals surface area contributed by atoms with Gasteiger partial charge in [-0.15, -0.1) is 12.3 Å². The lowest BCUT2D eigenvalue weighted by molar-refractivity contribution is -0.121. The first kappa shape index (κ1) is 11.1. The van der Waals surface area contributed by atoms with Crippen molar-refractivity contribution >= 4 is 5.91 Å². The maximum atomic E-state index is 11.4. The number of hydrogen-bond acceptors (Lipinski definition) is 2. The Labute approximate surface area is 85.4 Å². The van der Waals surface area contributed by atoms with Crippen LogP contribution in [0.4, 0.5) is 0 Å². The van der Waals surface area contributed by atoms with Gasteiger partial charge in [-0.05, 0) is 25.3 Å². The Bertz CT molecular complexity index is 232. The van der Waals surface area contributed by atoms with Gasteiger partial charge in [0.1, 0.15) is 0 Å². The largest absolute Gasteiger partial charge is 0.353 e. The first-order chi connectivity index (χ1) is 6.77. The minimum atomic E-state index is 0.0632. The molecule has 0 radical (unpaired) electrons. The summed E-state index contributed by atoms with van der Waals surface area (Å²) in [6.07, 6.45) is 9.41. The lowest BCUT2D eigenvalue weighted by Gasteiger charge is -2.19. The highest BCUT2D eigenvalue weighted by Gasteiger charge is 2.26. The summed E-state index contributed by atoms with van der Waals surface area (Å²) in [6, 6.07) is 0.283. The average molecular weight is 194 g/mol. The van der Waals surface area contributed by atoms with E-state index in [1.165, 1.54) is 6.42 Å². The fourth-order valence-electron chi connectivity index (χ4n) is 1.97. The molecule has 3 heteroatoms. The fraction of sp³-hybridized carbons (Fsp3) is 0.727. The lowest BCUT2D eigenvalue weighted by Crippen LogP contribution is -2.39. The van der Waals surface area contributed by atoms with Gasteiger partial charge in [-0.25, -0.2) is 0 Å². The van der Waals surface area contributed by atoms with Crippen molar-refractivity contribution in [3.8, 4) is 12.3 Å². The number of hydrogen-bond donors (Lipinski definition) is 2. The van der Waals surface area contributed by atoms with Gasteiger partial charge in [0, 0.05) is 18.9 Å². The molecule has 14 heavy (non-hydrogen) atoms. The fourth-order valence-corrected chi connectivity index (χ4v) is 1.97. The molecule has 0 aromatic heterocycles. The Balaban J connectivity index is 2.29. The highest BCUT2D eigenvalue weighted by molar-refractivity contribution is 5.76. The molecule has 1 aliphatic carbocycles. The smallest absolute Gasteiger partial charge is 0.221 e. The molecule has 0 bridgehead atoms. The SMILES string of the molecule is C#CCCC(=O)NC1CCCC1CN. The van der Waals surface area contributed by atoms with Gasteiger partial charge in [0.25, 0.3) is 0 Å². The van der Waals surface area contributed by atoms with Crippen LogP contribution in [0.25, 0.3) is 0 Å². The van der Waals surface area contributed by atoms with Crippen molar-refractivity contribution in [1.82, 2.24) is 5.32 Å². The second-order valence-corrected chi connectivity index (χ2v) is 3.80. The first-order valence-corrected chi connectivity index (χ1v) is 5.20. The van der Waals surface area contributed by atoms with Gasteiger partial charge in [0.2, 0.25) is 5.91 Å². The van der Waals surface area contributed by atoms with E-state index in [1.807, 2.05) is 0 Å². The van der Waals surface area contributed by atoms with E-state index >= 15 is 0 Å². The van der Waals surface area contributed by atoms with Crippen molar-refractivity contribution < 1.29 is 4.79 Å². The number of nitrogens with one attached hydrogen (secondary N) is 1. The van der Waals surface area contributed by atoms with E-state index in [0.717, 1.165) is 12.8 Å². The lowest BCUT2D eigenvalue weighted by atomic mass is 10.0. The maximum absolute atomic E-state index is 11.4. The predicted octanol–water partition coefficient (Wildman–Crippen LogP) is 0.643. The van der Waals surface area contributed by atoms with Crippen molar-refractivity contribution in [1.29, 1.82) is 0 Å². The summed E-state index contributed by atoms with van der Waals surface area (Å²) < 4.78 is 0. The summed E-state index contributed by atoms with van der Waals surface area (Å²) in [4.78, 5) is 11.4. The van der Waals surface area contributed by atoms with E-state index in [2.05, 4.69) is 11.2 Å². The second-order valence-electron chi connectivity index (χ2n) is 3.80. The second kappa shape index (κ2) is 5.66. The summed E-state index contributed by atoms with van der Waals surface area (Å²) in [5.41, 5.74) is 5.62. The summed E-state index contributed by atoms with van der Waals surface area (Å²) in [5, 5.41) is 3.00. The van der Waals surface area contributed by atoms with Crippen molar-refractivity contribution in [3.05, 3.63) is 0 Å². The van der Waals surface area contributed by atoms with Crippen LogP contribution in [0.5, 0.6) is 0 Å². The predicted molar refractivity (Wildman–Crippen MR) is 56.4 cm³/mol. The van der Waals surface area contributed by atoms with Gasteiger partial charge in [0.05, 0.1) is 0 Å². The van der Waals surface area contributed by atoms with E-state index in [9.17, 15) is 4.79 Å². The zero-order chi connectivity index (χ0) is 10.4. The van der Waals surface area contributed by atoms with Crippen molar-refractivity contribution in [2.75, 3.05) is 6.54 Å². The number of amides is 1. The molecule has 1 amide bonds. The van der Waals surface area contributed by atoms with Gasteiger partial charge >= 0.3 is 0 Å². The van der Waals surface area contributed by atoms with Gasteiger partial charge in [-0.2, -0.15) is 0 Å². The van der Waals surface area contributed by atoms with Crippen molar-refractivity contribution in [2.45, 2.75) is 38.1 Å². The van der Waals surface area contributed by atoms with Gasteiger partial charge in [-0.1, -0.05) is 6.42 Å². The molecule has 1 rings (SSSR count). The Hall–Kier alpha value is -1.01. The van der Waals surface area contributed by atoms with E-state index in [-0.39, 0.29) is 11.9 Å². The van der Waals surface area contributed by atoms with Gasteiger partial charge in [0.15, 0.2) is 0 Å². The molecule has 1 aliphatic rings. The topological polar surface area (TPSA) is 55.1 Å². The third-order valence-corrected chi connectivity index (χ3v) is 2.80. The standard InChI is InChI=1S/C11H18N2O/c1-2-3-7-11(14)13-10-6-4-5-9(10)8-12/h1,9-10H,3-8,12H2,(H,13,14). The van der Waals surface area contributed by atoms with Crippen LogP contribution in [0.2, 0.25) is 0 Å². The molecule has 0 aliphatic heterocycles. The van der Waals surface area contributed by atoms with Crippen LogP contribution in [0.15, 0.2) is 0 Å². The Morgan fingerprint density at radius 2 is 2.36 bits per heavy atom. The summed E-state index contributed by atoms with van der Waals surface area (Å²) >= 11 is 0. The van der Waals surface area contributed by atoms with Crippen LogP contribution < -0.4 is 11.1 Å². The number of carbonyl (C=O) groups is 1. The first-order valence-electron chi connectivity index (χ1n) is 5.20. The van der Waals surface area contributed by atoms with Gasteiger partial charge in [-0.3, -0.25) is 4.79 Å². The molecule has 3 nitrogen and oxygen atoms in total. The highest BCUT2D eigenvalue weighted by atomic mass is 16.1. The Kier molecular flexibility index (Phi) is 4.48. The highest BCUT2D eigenvalue weighted by Crippen LogP contribution is 2.24. The third-order valence-electron chi connectivity index (χ3n) is 2.80. The molecule has 2 unspecified atom stereocenters. The van der Waals surface area contributed by atoms with Gasteiger partial charge < -0.3 is 11.1 Å². The molecule has 1 saturated carbocycles. The van der Waals surface area contributed by atoms with Crippen LogP contribution in [0.3, 0.4) is 0 Å². The molecule has 3 N–H and O–H groups in total. The Morgan fingerprint density at radius 1 is 1.57 bits per heavy atom. The molecule has 0 spiro atoms. The van der Waals surface area contributed by atoms with E-state index in [4.69, 9.17) is 12.2 Å². The zero-order valence-corrected chi connectivity index (χ0v) is 8.46. The third kappa shape index (κ3) is 3.04. The minimum Gasteiger partial charge on any atom is -0.353 e. The summed E-state index contributed by atoms with van der Waals surface area (Å²) in [7, 11) is 0. The van der Waals surface area contributed by atoms with Crippen LogP contribution in [0.1, 0.15) is 32.1 Å². The minimum absolute atomic E-state index is 0.0632. The number of rotatable bonds is 4. The van der Waals surface area contributed by atoms with Crippen LogP contribution in [0, 0.1) is 18.3 Å². The number of terminal acetylenes is 1. The zero-order valence-electron chi connectivity index (χ0n) is 8.46. The van der Waals surface area contributed by atoms with E-state index in [1.54, 1.807) is 0 Å². The number of nitrogens with two attached hydrogens (primary N) is 1. The summed E-state index contributed by atoms with van der Waals surface area (Å²) in [6.45, 7) is 0.667. The molecular formula is C11H18N2O. The molecule has 0 aromatic rings. The molecule has 0 saturated heterocycles. The molecule has 78 valence electrons. The molecule has 1 fully saturated rings. The Morgan fingerprint density at radius 3 is 3.00 bits per heavy atom. The number of carbonyl (C=O) groups excluding carboxylic acids is 1. The molecule has 0 heterocycles. The summed E-state index contributed by atoms with van der Waals surface area (Å²) in [5.74, 6) is 2.99.